The Morgan fingerprint density at radius 2 is 1.49 bits per heavy atom. The van der Waals surface area contributed by atoms with Gasteiger partial charge >= 0.3 is 6.09 Å². The van der Waals surface area contributed by atoms with Crippen LogP contribution < -0.4 is 10.6 Å². The third-order valence-electron chi connectivity index (χ3n) is 8.10. The number of fused-ring (bicyclic) bond motifs is 1. The summed E-state index contributed by atoms with van der Waals surface area (Å²) in [6.07, 6.45) is 14.5. The van der Waals surface area contributed by atoms with Crippen molar-refractivity contribution in [1.82, 2.24) is 19.8 Å². The van der Waals surface area contributed by atoms with Crippen LogP contribution in [0.15, 0.2) is 42.5 Å². The molecule has 0 aliphatic rings. The van der Waals surface area contributed by atoms with E-state index in [9.17, 15) is 14.7 Å². The number of carbonyl (C=O) groups is 2. The van der Waals surface area contributed by atoms with Crippen LogP contribution in [0.4, 0.5) is 16.2 Å². The number of H-pyrrole nitrogens is 1. The van der Waals surface area contributed by atoms with E-state index in [0.29, 0.717) is 39.9 Å². The molecular formula is C36H49ClN6O4. The fraction of sp³-hybridized carbons (Fsp3) is 0.500. The van der Waals surface area contributed by atoms with Crippen molar-refractivity contribution >= 4 is 40.6 Å². The lowest BCUT2D eigenvalue weighted by Crippen LogP contribution is -2.15. The molecule has 47 heavy (non-hydrogen) atoms. The summed E-state index contributed by atoms with van der Waals surface area (Å²) in [5.74, 6) is -0.0437. The minimum Gasteiger partial charge on any atom is -0.506 e. The zero-order valence-electron chi connectivity index (χ0n) is 28.1. The summed E-state index contributed by atoms with van der Waals surface area (Å²) in [4.78, 5) is 28.4. The maximum Gasteiger partial charge on any atom is 0.411 e. The van der Waals surface area contributed by atoms with Gasteiger partial charge in [0, 0.05) is 22.2 Å². The second-order valence-electron chi connectivity index (χ2n) is 13.1. The van der Waals surface area contributed by atoms with Gasteiger partial charge in [-0.15, -0.1) is 9.73 Å². The van der Waals surface area contributed by atoms with Crippen molar-refractivity contribution in [3.05, 3.63) is 58.7 Å². The van der Waals surface area contributed by atoms with Crippen LogP contribution in [-0.2, 0) is 10.2 Å². The van der Waals surface area contributed by atoms with Gasteiger partial charge in [0.25, 0.3) is 5.91 Å². The topological polar surface area (TPSA) is 134 Å². The van der Waals surface area contributed by atoms with Crippen LogP contribution >= 0.6 is 11.6 Å². The van der Waals surface area contributed by atoms with E-state index in [0.717, 1.165) is 25.0 Å². The summed E-state index contributed by atoms with van der Waals surface area (Å²) in [6, 6.07) is 11.2. The molecule has 10 nitrogen and oxygen atoms in total. The van der Waals surface area contributed by atoms with Crippen LogP contribution in [0.1, 0.15) is 121 Å². The summed E-state index contributed by atoms with van der Waals surface area (Å²) < 4.78 is 6.77. The lowest BCUT2D eigenvalue weighted by Gasteiger charge is -2.14. The molecule has 0 unspecified atom stereocenters. The highest BCUT2D eigenvalue weighted by atomic mass is 35.5. The van der Waals surface area contributed by atoms with Crippen molar-refractivity contribution in [2.75, 3.05) is 17.2 Å². The van der Waals surface area contributed by atoms with E-state index in [4.69, 9.17) is 16.3 Å². The van der Waals surface area contributed by atoms with E-state index in [-0.39, 0.29) is 16.9 Å². The Hall–Kier alpha value is -4.05. The quantitative estimate of drug-likeness (QED) is 0.0656. The molecule has 0 aliphatic heterocycles. The predicted octanol–water partition coefficient (Wildman–Crippen LogP) is 9.88. The lowest BCUT2D eigenvalue weighted by molar-refractivity contribution is 0.102. The number of hydrogen-bond acceptors (Lipinski definition) is 6. The maximum atomic E-state index is 13.0. The Morgan fingerprint density at radius 3 is 2.09 bits per heavy atom. The largest absolute Gasteiger partial charge is 0.506 e. The van der Waals surface area contributed by atoms with E-state index < -0.39 is 12.0 Å². The first kappa shape index (κ1) is 35.8. The Bertz CT molecular complexity index is 1610. The summed E-state index contributed by atoms with van der Waals surface area (Å²) in [7, 11) is 0. The molecule has 0 saturated carbocycles. The molecule has 4 aromatic rings. The number of halogens is 1. The molecule has 254 valence electrons. The zero-order chi connectivity index (χ0) is 33.8. The van der Waals surface area contributed by atoms with Crippen LogP contribution in [0.3, 0.4) is 0 Å². The number of anilines is 2. The van der Waals surface area contributed by atoms with Gasteiger partial charge in [-0.05, 0) is 48.9 Å². The minimum absolute atomic E-state index is 0.0966. The van der Waals surface area contributed by atoms with E-state index in [1.807, 2.05) is 20.8 Å². The van der Waals surface area contributed by atoms with Gasteiger partial charge in [0.15, 0.2) is 11.5 Å². The number of ether oxygens (including phenoxy) is 1. The standard InChI is InChI=1S/C36H49ClN6O4/c1-5-6-7-8-9-10-11-12-13-14-15-16-23-47-35(46)38-27-20-17-25(18-21-27)34(45)39-28-24-26(19-22-29(28)44)32-40-33-30(37)31(36(2,3)4)41-43(33)42-32/h17-22,24,44H,5-16,23H2,1-4H3,(H,38,46)(H,39,45)(H,40,42). The van der Waals surface area contributed by atoms with Crippen LogP contribution in [0.5, 0.6) is 5.75 Å². The second kappa shape index (κ2) is 17.2. The first-order valence-corrected chi connectivity index (χ1v) is 17.3. The summed E-state index contributed by atoms with van der Waals surface area (Å²) in [5.41, 5.74) is 2.75. The molecule has 0 fully saturated rings. The highest BCUT2D eigenvalue weighted by Gasteiger charge is 2.25. The zero-order valence-corrected chi connectivity index (χ0v) is 28.9. The van der Waals surface area contributed by atoms with Crippen molar-refractivity contribution in [2.45, 2.75) is 110 Å². The van der Waals surface area contributed by atoms with Gasteiger partial charge in [0.2, 0.25) is 0 Å². The van der Waals surface area contributed by atoms with Gasteiger partial charge in [-0.1, -0.05) is 110 Å². The van der Waals surface area contributed by atoms with Gasteiger partial charge in [-0.25, -0.2) is 4.79 Å². The summed E-state index contributed by atoms with van der Waals surface area (Å²) in [6.45, 7) is 8.70. The average molecular weight is 665 g/mol. The normalized spacial score (nSPS) is 11.6. The Labute approximate surface area is 282 Å². The van der Waals surface area contributed by atoms with E-state index in [2.05, 4.69) is 32.7 Å². The minimum atomic E-state index is -0.520. The molecule has 2 heterocycles. The number of rotatable bonds is 17. The lowest BCUT2D eigenvalue weighted by atomic mass is 9.92. The molecule has 0 atom stereocenters. The van der Waals surface area contributed by atoms with Gasteiger partial charge in [0.05, 0.1) is 18.0 Å². The smallest absolute Gasteiger partial charge is 0.411 e. The SMILES string of the molecule is CCCCCCCCCCCCCCOC(=O)Nc1ccc(C(=O)Nc2cc(-c3nn4nc(C(C)(C)C)c(Cl)c4[nH]3)ccc2O)cc1. The van der Waals surface area contributed by atoms with E-state index in [1.165, 1.54) is 68.5 Å². The number of phenols is 1. The van der Waals surface area contributed by atoms with E-state index in [1.54, 1.807) is 36.4 Å². The fourth-order valence-corrected chi connectivity index (χ4v) is 5.80. The molecule has 0 bridgehead atoms. The van der Waals surface area contributed by atoms with Crippen molar-refractivity contribution in [3.63, 3.8) is 0 Å². The van der Waals surface area contributed by atoms with Crippen LogP contribution in [0.25, 0.3) is 17.0 Å². The van der Waals surface area contributed by atoms with Crippen LogP contribution in [0.2, 0.25) is 5.02 Å². The molecular weight excluding hydrogens is 616 g/mol. The van der Waals surface area contributed by atoms with Gasteiger partial charge in [0.1, 0.15) is 10.8 Å². The number of nitrogens with zero attached hydrogens (tertiary/aromatic N) is 3. The number of benzene rings is 2. The molecule has 0 radical (unpaired) electrons. The Kier molecular flexibility index (Phi) is 13.1. The van der Waals surface area contributed by atoms with Crippen LogP contribution in [0, 0.1) is 0 Å². The van der Waals surface area contributed by atoms with E-state index >= 15 is 0 Å². The first-order valence-electron chi connectivity index (χ1n) is 16.9. The fourth-order valence-electron chi connectivity index (χ4n) is 5.35. The third kappa shape index (κ3) is 10.5. The number of nitrogens with one attached hydrogen (secondary N) is 3. The van der Waals surface area contributed by atoms with Crippen molar-refractivity contribution < 1.29 is 19.4 Å². The summed E-state index contributed by atoms with van der Waals surface area (Å²) in [5, 5.41) is 25.4. The number of unbranched alkanes of at least 4 members (excludes halogenated alkanes) is 11. The number of carbonyl (C=O) groups excluding carboxylic acids is 2. The maximum absolute atomic E-state index is 13.0. The number of amides is 2. The average Bonchev–Trinajstić information content (AvgIpc) is 3.60. The predicted molar refractivity (Wildman–Crippen MR) is 189 cm³/mol. The first-order chi connectivity index (χ1) is 22.6. The number of phenolic OH excluding ortho intramolecular Hbond substituents is 1. The molecule has 2 amide bonds. The monoisotopic (exact) mass is 664 g/mol. The number of aromatic hydroxyl groups is 1. The highest BCUT2D eigenvalue weighted by Crippen LogP contribution is 2.33. The second-order valence-corrected chi connectivity index (χ2v) is 13.5. The van der Waals surface area contributed by atoms with Crippen molar-refractivity contribution in [3.8, 4) is 17.1 Å². The molecule has 11 heteroatoms. The Morgan fingerprint density at radius 1 is 0.872 bits per heavy atom. The van der Waals surface area contributed by atoms with Crippen molar-refractivity contribution in [2.24, 2.45) is 0 Å². The number of hydrogen-bond donors (Lipinski definition) is 4. The number of aromatic nitrogens is 4. The summed E-state index contributed by atoms with van der Waals surface area (Å²) >= 11 is 6.56. The molecule has 2 aromatic carbocycles. The van der Waals surface area contributed by atoms with Crippen molar-refractivity contribution in [1.29, 1.82) is 0 Å². The van der Waals surface area contributed by atoms with Gasteiger partial charge in [-0.3, -0.25) is 10.1 Å². The molecule has 4 rings (SSSR count). The Balaban J connectivity index is 1.19. The molecule has 4 N–H and O–H groups in total. The van der Waals surface area contributed by atoms with Gasteiger partial charge in [-0.2, -0.15) is 5.10 Å². The third-order valence-corrected chi connectivity index (χ3v) is 8.45. The molecule has 0 saturated heterocycles. The highest BCUT2D eigenvalue weighted by molar-refractivity contribution is 6.34. The molecule has 2 aromatic heterocycles. The molecule has 0 aliphatic carbocycles. The molecule has 0 spiro atoms. The van der Waals surface area contributed by atoms with Crippen LogP contribution in [-0.4, -0.2) is 43.5 Å². The van der Waals surface area contributed by atoms with Gasteiger partial charge < -0.3 is 20.1 Å². The number of aromatic amines is 1.